The van der Waals surface area contributed by atoms with Gasteiger partial charge in [0.1, 0.15) is 5.82 Å². The zero-order valence-corrected chi connectivity index (χ0v) is 17.8. The summed E-state index contributed by atoms with van der Waals surface area (Å²) in [5.41, 5.74) is 4.47. The van der Waals surface area contributed by atoms with Gasteiger partial charge in [0, 0.05) is 24.6 Å². The highest BCUT2D eigenvalue weighted by Gasteiger charge is 2.38. The smallest absolute Gasteiger partial charge is 0.224 e. The molecule has 4 rings (SSSR count). The molecule has 0 radical (unpaired) electrons. The molecule has 2 N–H and O–H groups in total. The van der Waals surface area contributed by atoms with E-state index in [9.17, 15) is 4.79 Å². The molecule has 2 aliphatic rings. The van der Waals surface area contributed by atoms with Gasteiger partial charge in [-0.2, -0.15) is 0 Å². The lowest BCUT2D eigenvalue weighted by Crippen LogP contribution is -2.48. The van der Waals surface area contributed by atoms with Crippen LogP contribution >= 0.6 is 0 Å². The molecule has 0 aliphatic carbocycles. The minimum absolute atomic E-state index is 0.0780. The lowest BCUT2D eigenvalue weighted by molar-refractivity contribution is -0.117. The Morgan fingerprint density at radius 3 is 2.59 bits per heavy atom. The third kappa shape index (κ3) is 3.86. The number of piperidine rings is 1. The molecule has 1 amide bonds. The summed E-state index contributed by atoms with van der Waals surface area (Å²) < 4.78 is 0. The molecule has 154 valence electrons. The quantitative estimate of drug-likeness (QED) is 0.830. The molecule has 2 aromatic rings. The van der Waals surface area contributed by atoms with Gasteiger partial charge >= 0.3 is 0 Å². The summed E-state index contributed by atoms with van der Waals surface area (Å²) >= 11 is 0. The Kier molecular flexibility index (Phi) is 5.54. The van der Waals surface area contributed by atoms with Gasteiger partial charge in [0.15, 0.2) is 0 Å². The van der Waals surface area contributed by atoms with Crippen LogP contribution in [0.1, 0.15) is 62.4 Å². The zero-order valence-electron chi connectivity index (χ0n) is 17.8. The number of aryl methyl sites for hydroxylation is 1. The number of carbonyl (C=O) groups excluding carboxylic acids is 1. The molecule has 6 nitrogen and oxygen atoms in total. The highest BCUT2D eigenvalue weighted by Crippen LogP contribution is 2.44. The van der Waals surface area contributed by atoms with E-state index in [1.807, 2.05) is 11.8 Å². The van der Waals surface area contributed by atoms with Gasteiger partial charge in [0.05, 0.1) is 24.1 Å². The fourth-order valence-electron chi connectivity index (χ4n) is 4.76. The molecule has 0 spiro atoms. The van der Waals surface area contributed by atoms with E-state index in [0.717, 1.165) is 43.1 Å². The number of rotatable bonds is 3. The van der Waals surface area contributed by atoms with Crippen molar-refractivity contribution in [1.29, 1.82) is 0 Å². The Morgan fingerprint density at radius 1 is 1.17 bits per heavy atom. The number of aromatic nitrogens is 2. The maximum atomic E-state index is 12.5. The second-order valence-corrected chi connectivity index (χ2v) is 8.50. The van der Waals surface area contributed by atoms with Crippen LogP contribution in [-0.2, 0) is 4.79 Å². The minimum Gasteiger partial charge on any atom is -0.362 e. The summed E-state index contributed by atoms with van der Waals surface area (Å²) in [5, 5.41) is 7.06. The SMILES string of the molecule is CC(=O)N1c2ccc(C3CCNCC3)cc2C(Nc2cnc(C)cn2)C(C)[C@@H]1C. The van der Waals surface area contributed by atoms with Crippen LogP contribution in [0.2, 0.25) is 0 Å². The van der Waals surface area contributed by atoms with Crippen LogP contribution in [0.15, 0.2) is 30.6 Å². The van der Waals surface area contributed by atoms with Crippen LogP contribution in [0, 0.1) is 12.8 Å². The summed E-state index contributed by atoms with van der Waals surface area (Å²) in [6.45, 7) is 10.1. The van der Waals surface area contributed by atoms with Crippen molar-refractivity contribution in [1.82, 2.24) is 15.3 Å². The molecule has 1 saturated heterocycles. The van der Waals surface area contributed by atoms with Gasteiger partial charge in [-0.1, -0.05) is 19.1 Å². The predicted molar refractivity (Wildman–Crippen MR) is 116 cm³/mol. The molecule has 2 aliphatic heterocycles. The number of benzene rings is 1. The van der Waals surface area contributed by atoms with Crippen molar-refractivity contribution in [3.8, 4) is 0 Å². The number of amides is 1. The molecule has 29 heavy (non-hydrogen) atoms. The minimum atomic E-state index is 0.0780. The third-order valence-corrected chi connectivity index (χ3v) is 6.57. The summed E-state index contributed by atoms with van der Waals surface area (Å²) in [5.74, 6) is 1.67. The first kappa shape index (κ1) is 19.8. The first-order valence-corrected chi connectivity index (χ1v) is 10.6. The summed E-state index contributed by atoms with van der Waals surface area (Å²) in [4.78, 5) is 23.3. The Balaban J connectivity index is 1.75. The number of nitrogens with zero attached hydrogens (tertiary/aromatic N) is 3. The van der Waals surface area contributed by atoms with Gasteiger partial charge in [-0.15, -0.1) is 0 Å². The molecule has 1 aromatic heterocycles. The molecule has 1 aromatic carbocycles. The van der Waals surface area contributed by atoms with Crippen molar-refractivity contribution in [3.63, 3.8) is 0 Å². The van der Waals surface area contributed by atoms with Crippen molar-refractivity contribution in [3.05, 3.63) is 47.4 Å². The van der Waals surface area contributed by atoms with Crippen molar-refractivity contribution < 1.29 is 4.79 Å². The van der Waals surface area contributed by atoms with Crippen molar-refractivity contribution in [2.75, 3.05) is 23.3 Å². The van der Waals surface area contributed by atoms with E-state index in [2.05, 4.69) is 52.6 Å². The van der Waals surface area contributed by atoms with Crippen LogP contribution in [0.25, 0.3) is 0 Å². The molecule has 0 bridgehead atoms. The van der Waals surface area contributed by atoms with Gasteiger partial charge in [0.25, 0.3) is 0 Å². The number of hydrogen-bond acceptors (Lipinski definition) is 5. The number of carbonyl (C=O) groups is 1. The zero-order chi connectivity index (χ0) is 20.5. The van der Waals surface area contributed by atoms with Crippen LogP contribution < -0.4 is 15.5 Å². The van der Waals surface area contributed by atoms with Crippen molar-refractivity contribution >= 4 is 17.4 Å². The van der Waals surface area contributed by atoms with Crippen LogP contribution in [-0.4, -0.2) is 35.0 Å². The first-order chi connectivity index (χ1) is 14.0. The average Bonchev–Trinajstić information content (AvgIpc) is 2.73. The van der Waals surface area contributed by atoms with E-state index in [4.69, 9.17) is 0 Å². The van der Waals surface area contributed by atoms with E-state index in [0.29, 0.717) is 5.92 Å². The summed E-state index contributed by atoms with van der Waals surface area (Å²) in [7, 11) is 0. The van der Waals surface area contributed by atoms with Gasteiger partial charge in [-0.05, 0) is 62.9 Å². The van der Waals surface area contributed by atoms with E-state index in [1.54, 1.807) is 19.3 Å². The fraction of sp³-hybridized carbons (Fsp3) is 0.522. The molecule has 1 fully saturated rings. The number of anilines is 2. The molecule has 6 heteroatoms. The summed E-state index contributed by atoms with van der Waals surface area (Å²) in [6, 6.07) is 6.86. The topological polar surface area (TPSA) is 70.2 Å². The van der Waals surface area contributed by atoms with Gasteiger partial charge in [0.2, 0.25) is 5.91 Å². The second kappa shape index (κ2) is 8.11. The van der Waals surface area contributed by atoms with Gasteiger partial charge < -0.3 is 15.5 Å². The third-order valence-electron chi connectivity index (χ3n) is 6.57. The molecular weight excluding hydrogens is 362 g/mol. The van der Waals surface area contributed by atoms with Gasteiger partial charge in [-0.25, -0.2) is 4.98 Å². The number of fused-ring (bicyclic) bond motifs is 1. The lowest BCUT2D eigenvalue weighted by atomic mass is 9.80. The van der Waals surface area contributed by atoms with Crippen LogP contribution in [0.4, 0.5) is 11.5 Å². The lowest BCUT2D eigenvalue weighted by Gasteiger charge is -2.44. The predicted octanol–water partition coefficient (Wildman–Crippen LogP) is 3.80. The first-order valence-electron chi connectivity index (χ1n) is 10.6. The number of hydrogen-bond donors (Lipinski definition) is 2. The van der Waals surface area contributed by atoms with E-state index in [-0.39, 0.29) is 23.9 Å². The molecule has 0 saturated carbocycles. The Morgan fingerprint density at radius 2 is 1.93 bits per heavy atom. The maximum Gasteiger partial charge on any atom is 0.224 e. The van der Waals surface area contributed by atoms with Gasteiger partial charge in [-0.3, -0.25) is 9.78 Å². The largest absolute Gasteiger partial charge is 0.362 e. The highest BCUT2D eigenvalue weighted by molar-refractivity contribution is 5.94. The maximum absolute atomic E-state index is 12.5. The standard InChI is InChI=1S/C23H31N5O/c1-14-12-26-22(13-25-14)27-23-15(2)16(3)28(17(4)29)21-6-5-19(11-20(21)23)18-7-9-24-10-8-18/h5-6,11-13,15-16,18,23-24H,7-10H2,1-4H3,(H,26,27)/t15?,16-,23?/m0/s1. The van der Waals surface area contributed by atoms with Crippen molar-refractivity contribution in [2.24, 2.45) is 5.92 Å². The molecule has 3 heterocycles. The van der Waals surface area contributed by atoms with Crippen molar-refractivity contribution in [2.45, 2.75) is 58.5 Å². The average molecular weight is 394 g/mol. The fourth-order valence-corrected chi connectivity index (χ4v) is 4.76. The Hall–Kier alpha value is -2.47. The van der Waals surface area contributed by atoms with Crippen LogP contribution in [0.5, 0.6) is 0 Å². The molecular formula is C23H31N5O. The highest BCUT2D eigenvalue weighted by atomic mass is 16.2. The van der Waals surface area contributed by atoms with E-state index >= 15 is 0 Å². The Labute approximate surface area is 173 Å². The number of nitrogens with one attached hydrogen (secondary N) is 2. The monoisotopic (exact) mass is 393 g/mol. The normalized spacial score (nSPS) is 24.8. The Bertz CT molecular complexity index is 875. The molecule has 3 atom stereocenters. The van der Waals surface area contributed by atoms with E-state index < -0.39 is 0 Å². The van der Waals surface area contributed by atoms with Crippen LogP contribution in [0.3, 0.4) is 0 Å². The summed E-state index contributed by atoms with van der Waals surface area (Å²) in [6.07, 6.45) is 5.89. The van der Waals surface area contributed by atoms with E-state index in [1.165, 1.54) is 11.1 Å². The second-order valence-electron chi connectivity index (χ2n) is 8.50. The molecule has 2 unspecified atom stereocenters.